The number of benzene rings is 2. The number of carbonyl (C=O) groups is 1. The van der Waals surface area contributed by atoms with Gasteiger partial charge in [-0.25, -0.2) is 0 Å². The van der Waals surface area contributed by atoms with E-state index in [-0.39, 0.29) is 5.56 Å². The average Bonchev–Trinajstić information content (AvgIpc) is 2.78. The molecule has 0 saturated carbocycles. The second kappa shape index (κ2) is 9.97. The normalized spacial score (nSPS) is 29.5. The zero-order valence-corrected chi connectivity index (χ0v) is 19.7. The Kier molecular flexibility index (Phi) is 7.68. The summed E-state index contributed by atoms with van der Waals surface area (Å²) in [6.45, 7) is 4.99. The zero-order valence-electron chi connectivity index (χ0n) is 18.9. The maximum atomic E-state index is 11.6. The van der Waals surface area contributed by atoms with Gasteiger partial charge in [-0.2, -0.15) is 0 Å². The molecule has 1 fully saturated rings. The fourth-order valence-corrected chi connectivity index (χ4v) is 4.04. The Hall–Kier alpha value is -2.20. The van der Waals surface area contributed by atoms with Crippen LogP contribution in [0.5, 0.6) is 5.75 Å². The first-order valence-electron chi connectivity index (χ1n) is 10.6. The van der Waals surface area contributed by atoms with Crippen LogP contribution < -0.4 is 4.74 Å². The fraction of sp³-hybridized carbons (Fsp3) is 0.458. The summed E-state index contributed by atoms with van der Waals surface area (Å²) in [7, 11) is 1.27. The van der Waals surface area contributed by atoms with Crippen LogP contribution >= 0.6 is 11.6 Å². The molecule has 3 rings (SSSR count). The number of hydrogen-bond donors (Lipinski definition) is 3. The number of rotatable bonds is 7. The molecule has 0 radical (unpaired) electrons. The highest BCUT2D eigenvalue weighted by molar-refractivity contribution is 6.31. The molecule has 8 nitrogen and oxygen atoms in total. The molecule has 2 aromatic rings. The SMILES string of the molecule is CCOc1ccc(Cc2cc(C3(O)OC(C)(OC)C(O)C(OC(C)=O)C3O)ccc2Cl)cc1. The van der Waals surface area contributed by atoms with Crippen molar-refractivity contribution < 1.29 is 39.1 Å². The third-order valence-corrected chi connectivity index (χ3v) is 6.08. The molecule has 1 aliphatic rings. The molecule has 0 amide bonds. The summed E-state index contributed by atoms with van der Waals surface area (Å²) in [5, 5.41) is 33.4. The third-order valence-electron chi connectivity index (χ3n) is 5.71. The Morgan fingerprint density at radius 3 is 2.39 bits per heavy atom. The van der Waals surface area contributed by atoms with Crippen molar-refractivity contribution in [3.05, 3.63) is 64.2 Å². The van der Waals surface area contributed by atoms with Crippen molar-refractivity contribution in [1.82, 2.24) is 0 Å². The molecule has 0 spiro atoms. The molecule has 9 heteroatoms. The Morgan fingerprint density at radius 2 is 1.82 bits per heavy atom. The highest BCUT2D eigenvalue weighted by Crippen LogP contribution is 2.43. The first kappa shape index (κ1) is 25.4. The van der Waals surface area contributed by atoms with Crippen molar-refractivity contribution in [3.63, 3.8) is 0 Å². The predicted molar refractivity (Wildman–Crippen MR) is 120 cm³/mol. The van der Waals surface area contributed by atoms with Crippen LogP contribution in [0.25, 0.3) is 0 Å². The molecule has 2 aromatic carbocycles. The number of aliphatic hydroxyl groups excluding tert-OH is 2. The number of methoxy groups -OCH3 is 1. The van der Waals surface area contributed by atoms with Gasteiger partial charge in [0.1, 0.15) is 11.9 Å². The van der Waals surface area contributed by atoms with E-state index in [9.17, 15) is 20.1 Å². The lowest BCUT2D eigenvalue weighted by Crippen LogP contribution is -2.68. The van der Waals surface area contributed by atoms with Gasteiger partial charge in [-0.3, -0.25) is 4.79 Å². The van der Waals surface area contributed by atoms with Crippen LogP contribution in [0.15, 0.2) is 42.5 Å². The molecule has 5 atom stereocenters. The summed E-state index contributed by atoms with van der Waals surface area (Å²) in [5.74, 6) is -4.12. The average molecular weight is 481 g/mol. The Labute approximate surface area is 197 Å². The van der Waals surface area contributed by atoms with Gasteiger partial charge in [-0.15, -0.1) is 0 Å². The zero-order chi connectivity index (χ0) is 24.4. The summed E-state index contributed by atoms with van der Waals surface area (Å²) in [6, 6.07) is 12.2. The molecule has 33 heavy (non-hydrogen) atoms. The first-order valence-corrected chi connectivity index (χ1v) is 10.9. The molecule has 5 unspecified atom stereocenters. The van der Waals surface area contributed by atoms with E-state index in [4.69, 9.17) is 30.5 Å². The van der Waals surface area contributed by atoms with Crippen LogP contribution in [-0.4, -0.2) is 59.1 Å². The van der Waals surface area contributed by atoms with Crippen molar-refractivity contribution in [2.45, 2.75) is 57.1 Å². The second-order valence-electron chi connectivity index (χ2n) is 8.04. The van der Waals surface area contributed by atoms with Gasteiger partial charge in [0.05, 0.1) is 6.61 Å². The van der Waals surface area contributed by atoms with Crippen LogP contribution in [0.1, 0.15) is 37.5 Å². The van der Waals surface area contributed by atoms with E-state index in [0.29, 0.717) is 23.6 Å². The molecule has 1 heterocycles. The third kappa shape index (κ3) is 5.16. The van der Waals surface area contributed by atoms with E-state index >= 15 is 0 Å². The van der Waals surface area contributed by atoms with E-state index < -0.39 is 35.9 Å². The van der Waals surface area contributed by atoms with Gasteiger partial charge < -0.3 is 34.3 Å². The smallest absolute Gasteiger partial charge is 0.303 e. The van der Waals surface area contributed by atoms with Crippen LogP contribution in [0.3, 0.4) is 0 Å². The monoisotopic (exact) mass is 480 g/mol. The topological polar surface area (TPSA) is 115 Å². The van der Waals surface area contributed by atoms with E-state index in [2.05, 4.69) is 0 Å². The van der Waals surface area contributed by atoms with Crippen molar-refractivity contribution in [1.29, 1.82) is 0 Å². The van der Waals surface area contributed by atoms with Crippen LogP contribution in [0, 0.1) is 0 Å². The molecule has 1 aliphatic heterocycles. The summed E-state index contributed by atoms with van der Waals surface area (Å²) in [6.07, 6.45) is -4.43. The van der Waals surface area contributed by atoms with Crippen molar-refractivity contribution in [2.75, 3.05) is 13.7 Å². The van der Waals surface area contributed by atoms with Crippen molar-refractivity contribution in [3.8, 4) is 5.75 Å². The molecule has 1 saturated heterocycles. The van der Waals surface area contributed by atoms with Gasteiger partial charge in [0.25, 0.3) is 0 Å². The lowest BCUT2D eigenvalue weighted by molar-refractivity contribution is -0.434. The molecule has 3 N–H and O–H groups in total. The standard InChI is InChI=1S/C24H29ClO8/c1-5-31-18-9-6-15(7-10-18)12-16-13-17(8-11-19(16)25)24(29)22(28)20(32-14(2)26)21(27)23(3,30-4)33-24/h6-11,13,20-22,27-29H,5,12H2,1-4H3. The minimum atomic E-state index is -2.36. The van der Waals surface area contributed by atoms with Crippen molar-refractivity contribution >= 4 is 17.6 Å². The van der Waals surface area contributed by atoms with Crippen LogP contribution in [-0.2, 0) is 31.2 Å². The molecule has 0 aromatic heterocycles. The number of esters is 1. The minimum absolute atomic E-state index is 0.160. The van der Waals surface area contributed by atoms with E-state index in [0.717, 1.165) is 18.2 Å². The van der Waals surface area contributed by atoms with Gasteiger partial charge >= 0.3 is 5.97 Å². The van der Waals surface area contributed by atoms with E-state index in [1.165, 1.54) is 20.1 Å². The maximum Gasteiger partial charge on any atom is 0.303 e. The highest BCUT2D eigenvalue weighted by atomic mass is 35.5. The quantitative estimate of drug-likeness (QED) is 0.518. The summed E-state index contributed by atoms with van der Waals surface area (Å²) >= 11 is 6.41. The second-order valence-corrected chi connectivity index (χ2v) is 8.45. The summed E-state index contributed by atoms with van der Waals surface area (Å²) in [5.41, 5.74) is 1.77. The highest BCUT2D eigenvalue weighted by Gasteiger charge is 2.61. The van der Waals surface area contributed by atoms with Gasteiger partial charge in [0, 0.05) is 24.6 Å². The van der Waals surface area contributed by atoms with Crippen LogP contribution in [0.4, 0.5) is 0 Å². The minimum Gasteiger partial charge on any atom is -0.494 e. The van der Waals surface area contributed by atoms with E-state index in [1.807, 2.05) is 31.2 Å². The number of hydrogen-bond acceptors (Lipinski definition) is 8. The van der Waals surface area contributed by atoms with E-state index in [1.54, 1.807) is 12.1 Å². The van der Waals surface area contributed by atoms with Crippen LogP contribution in [0.2, 0.25) is 5.02 Å². The van der Waals surface area contributed by atoms with Gasteiger partial charge in [0.2, 0.25) is 5.79 Å². The molecular weight excluding hydrogens is 452 g/mol. The molecule has 0 aliphatic carbocycles. The lowest BCUT2D eigenvalue weighted by Gasteiger charge is -2.51. The fourth-order valence-electron chi connectivity index (χ4n) is 3.86. The number of carbonyl (C=O) groups excluding carboxylic acids is 1. The number of ether oxygens (including phenoxy) is 4. The molecule has 0 bridgehead atoms. The summed E-state index contributed by atoms with van der Waals surface area (Å²) < 4.78 is 21.6. The van der Waals surface area contributed by atoms with Gasteiger partial charge in [-0.1, -0.05) is 29.8 Å². The number of halogens is 1. The molecular formula is C24H29ClO8. The number of aliphatic hydroxyl groups is 3. The largest absolute Gasteiger partial charge is 0.494 e. The maximum absolute atomic E-state index is 11.6. The van der Waals surface area contributed by atoms with Gasteiger partial charge in [-0.05, 0) is 55.7 Å². The Balaban J connectivity index is 1.97. The summed E-state index contributed by atoms with van der Waals surface area (Å²) in [4.78, 5) is 11.6. The predicted octanol–water partition coefficient (Wildman–Crippen LogP) is 2.52. The van der Waals surface area contributed by atoms with Gasteiger partial charge in [0.15, 0.2) is 18.0 Å². The Bertz CT molecular complexity index is 981. The Morgan fingerprint density at radius 1 is 1.15 bits per heavy atom. The first-order chi connectivity index (χ1) is 15.5. The van der Waals surface area contributed by atoms with Crippen molar-refractivity contribution in [2.24, 2.45) is 0 Å². The lowest BCUT2D eigenvalue weighted by atomic mass is 9.86. The molecule has 180 valence electrons.